The Labute approximate surface area is 109 Å². The number of carbonyl (C=O) groups excluding carboxylic acids is 1. The van der Waals surface area contributed by atoms with Gasteiger partial charge < -0.3 is 4.74 Å². The molecule has 0 saturated carbocycles. The van der Waals surface area contributed by atoms with Gasteiger partial charge >= 0.3 is 0 Å². The molecule has 1 aromatic rings. The summed E-state index contributed by atoms with van der Waals surface area (Å²) in [5.74, 6) is 1.00. The van der Waals surface area contributed by atoms with Crippen molar-refractivity contribution in [2.45, 2.75) is 32.2 Å². The summed E-state index contributed by atoms with van der Waals surface area (Å²) < 4.78 is 5.39. The van der Waals surface area contributed by atoms with Crippen LogP contribution in [0.15, 0.2) is 24.3 Å². The van der Waals surface area contributed by atoms with Gasteiger partial charge in [0.25, 0.3) is 0 Å². The van der Waals surface area contributed by atoms with Gasteiger partial charge in [-0.05, 0) is 38.9 Å². The normalized spacial score (nSPS) is 18.3. The van der Waals surface area contributed by atoms with Crippen LogP contribution in [0.5, 0.6) is 5.75 Å². The van der Waals surface area contributed by atoms with E-state index >= 15 is 0 Å². The van der Waals surface area contributed by atoms with Gasteiger partial charge in [0, 0.05) is 5.56 Å². The fraction of sp³-hybridized carbons (Fsp3) is 0.533. The third-order valence-electron chi connectivity index (χ3n) is 3.57. The molecule has 1 unspecified atom stereocenters. The molecule has 0 aliphatic carbocycles. The monoisotopic (exact) mass is 247 g/mol. The summed E-state index contributed by atoms with van der Waals surface area (Å²) in [7, 11) is 1.66. The Kier molecular flexibility index (Phi) is 4.37. The van der Waals surface area contributed by atoms with Crippen molar-refractivity contribution in [3.63, 3.8) is 0 Å². The highest BCUT2D eigenvalue weighted by molar-refractivity contribution is 5.83. The van der Waals surface area contributed by atoms with Crippen molar-refractivity contribution in [3.05, 3.63) is 29.8 Å². The van der Waals surface area contributed by atoms with Crippen LogP contribution in [0.2, 0.25) is 0 Å². The first-order chi connectivity index (χ1) is 8.74. The molecule has 98 valence electrons. The van der Waals surface area contributed by atoms with E-state index in [0.717, 1.165) is 24.4 Å². The van der Waals surface area contributed by atoms with Gasteiger partial charge in [-0.25, -0.2) is 0 Å². The topological polar surface area (TPSA) is 29.5 Å². The highest BCUT2D eigenvalue weighted by atomic mass is 16.5. The average molecular weight is 247 g/mol. The molecule has 2 rings (SSSR count). The van der Waals surface area contributed by atoms with E-state index in [1.807, 2.05) is 24.3 Å². The molecular formula is C15H21NO2. The number of carbonyl (C=O) groups is 1. The molecule has 1 heterocycles. The Balaban J connectivity index is 2.31. The number of methoxy groups -OCH3 is 1. The van der Waals surface area contributed by atoms with Crippen molar-refractivity contribution < 1.29 is 9.53 Å². The number of hydrogen-bond donors (Lipinski definition) is 0. The minimum atomic E-state index is -0.151. The lowest BCUT2D eigenvalue weighted by atomic mass is 9.98. The van der Waals surface area contributed by atoms with E-state index < -0.39 is 0 Å². The number of ether oxygens (including phenoxy) is 1. The highest BCUT2D eigenvalue weighted by Crippen LogP contribution is 2.31. The Morgan fingerprint density at radius 2 is 1.89 bits per heavy atom. The summed E-state index contributed by atoms with van der Waals surface area (Å²) in [5, 5.41) is 0. The molecule has 1 aliphatic rings. The molecule has 0 N–H and O–H groups in total. The van der Waals surface area contributed by atoms with Gasteiger partial charge in [0.2, 0.25) is 0 Å². The lowest BCUT2D eigenvalue weighted by molar-refractivity contribution is -0.122. The van der Waals surface area contributed by atoms with Crippen molar-refractivity contribution in [1.29, 1.82) is 0 Å². The third-order valence-corrected chi connectivity index (χ3v) is 3.57. The lowest BCUT2D eigenvalue weighted by Crippen LogP contribution is -2.37. The van der Waals surface area contributed by atoms with Crippen molar-refractivity contribution >= 4 is 5.78 Å². The number of nitrogens with zero attached hydrogens (tertiary/aromatic N) is 1. The number of ketones is 1. The van der Waals surface area contributed by atoms with E-state index in [1.54, 1.807) is 14.0 Å². The lowest BCUT2D eigenvalue weighted by Gasteiger charge is -2.33. The van der Waals surface area contributed by atoms with Crippen LogP contribution in [0.4, 0.5) is 0 Å². The van der Waals surface area contributed by atoms with E-state index in [9.17, 15) is 4.79 Å². The standard InChI is InChI=1S/C15H21NO2/c1-12(17)15(16-10-6-3-7-11-16)13-8-4-5-9-14(13)18-2/h4-5,8-9,15H,3,6-7,10-11H2,1-2H3. The molecule has 1 atom stereocenters. The predicted octanol–water partition coefficient (Wildman–Crippen LogP) is 2.81. The van der Waals surface area contributed by atoms with Crippen LogP contribution >= 0.6 is 0 Å². The fourth-order valence-corrected chi connectivity index (χ4v) is 2.74. The average Bonchev–Trinajstić information content (AvgIpc) is 2.40. The van der Waals surface area contributed by atoms with Crippen LogP contribution in [0.3, 0.4) is 0 Å². The minimum Gasteiger partial charge on any atom is -0.496 e. The minimum absolute atomic E-state index is 0.151. The first-order valence-corrected chi connectivity index (χ1v) is 6.61. The Hall–Kier alpha value is -1.35. The molecule has 0 aromatic heterocycles. The zero-order chi connectivity index (χ0) is 13.0. The molecule has 0 bridgehead atoms. The Morgan fingerprint density at radius 1 is 1.22 bits per heavy atom. The first kappa shape index (κ1) is 13.1. The highest BCUT2D eigenvalue weighted by Gasteiger charge is 2.28. The van der Waals surface area contributed by atoms with E-state index in [2.05, 4.69) is 4.90 Å². The molecule has 18 heavy (non-hydrogen) atoms. The smallest absolute Gasteiger partial charge is 0.151 e. The second-order valence-corrected chi connectivity index (χ2v) is 4.85. The van der Waals surface area contributed by atoms with Gasteiger partial charge in [-0.15, -0.1) is 0 Å². The SMILES string of the molecule is COc1ccccc1C(C(C)=O)N1CCCCC1. The summed E-state index contributed by atoms with van der Waals surface area (Å²) in [6.07, 6.45) is 3.63. The molecule has 0 spiro atoms. The molecule has 1 aromatic carbocycles. The van der Waals surface area contributed by atoms with Crippen molar-refractivity contribution in [2.75, 3.05) is 20.2 Å². The summed E-state index contributed by atoms with van der Waals surface area (Å²) in [6.45, 7) is 3.68. The molecule has 1 fully saturated rings. The van der Waals surface area contributed by atoms with Crippen molar-refractivity contribution in [1.82, 2.24) is 4.90 Å². The Morgan fingerprint density at radius 3 is 2.50 bits per heavy atom. The van der Waals surface area contributed by atoms with Crippen LogP contribution in [-0.4, -0.2) is 30.9 Å². The number of hydrogen-bond acceptors (Lipinski definition) is 3. The van der Waals surface area contributed by atoms with Crippen LogP contribution in [-0.2, 0) is 4.79 Å². The maximum atomic E-state index is 12.0. The summed E-state index contributed by atoms with van der Waals surface area (Å²) in [4.78, 5) is 14.3. The molecule has 3 heteroatoms. The summed E-state index contributed by atoms with van der Waals surface area (Å²) in [5.41, 5.74) is 0.995. The van der Waals surface area contributed by atoms with Gasteiger partial charge in [-0.1, -0.05) is 24.6 Å². The number of Topliss-reactive ketones (excluding diaryl/α,β-unsaturated/α-hetero) is 1. The van der Waals surface area contributed by atoms with Crippen LogP contribution in [0, 0.1) is 0 Å². The summed E-state index contributed by atoms with van der Waals surface area (Å²) in [6, 6.07) is 7.68. The maximum absolute atomic E-state index is 12.0. The van der Waals surface area contributed by atoms with E-state index in [4.69, 9.17) is 4.74 Å². The predicted molar refractivity (Wildman–Crippen MR) is 71.8 cm³/mol. The molecule has 0 amide bonds. The molecule has 1 aliphatic heterocycles. The molecule has 0 radical (unpaired) electrons. The van der Waals surface area contributed by atoms with Crippen LogP contribution in [0.25, 0.3) is 0 Å². The number of benzene rings is 1. The van der Waals surface area contributed by atoms with Crippen LogP contribution < -0.4 is 4.74 Å². The zero-order valence-corrected chi connectivity index (χ0v) is 11.2. The van der Waals surface area contributed by atoms with Crippen LogP contribution in [0.1, 0.15) is 37.8 Å². The Bertz CT molecular complexity index is 411. The zero-order valence-electron chi connectivity index (χ0n) is 11.2. The van der Waals surface area contributed by atoms with Gasteiger partial charge in [0.05, 0.1) is 13.2 Å². The first-order valence-electron chi connectivity index (χ1n) is 6.61. The molecule has 3 nitrogen and oxygen atoms in total. The van der Waals surface area contributed by atoms with Gasteiger partial charge in [-0.3, -0.25) is 9.69 Å². The van der Waals surface area contributed by atoms with Crippen molar-refractivity contribution in [2.24, 2.45) is 0 Å². The quantitative estimate of drug-likeness (QED) is 0.819. The number of rotatable bonds is 4. The molecule has 1 saturated heterocycles. The summed E-state index contributed by atoms with van der Waals surface area (Å²) >= 11 is 0. The van der Waals surface area contributed by atoms with Gasteiger partial charge in [-0.2, -0.15) is 0 Å². The number of para-hydroxylation sites is 1. The van der Waals surface area contributed by atoms with Gasteiger partial charge in [0.15, 0.2) is 5.78 Å². The second-order valence-electron chi connectivity index (χ2n) is 4.85. The van der Waals surface area contributed by atoms with E-state index in [1.165, 1.54) is 19.3 Å². The number of piperidine rings is 1. The van der Waals surface area contributed by atoms with Gasteiger partial charge in [0.1, 0.15) is 5.75 Å². The third kappa shape index (κ3) is 2.72. The maximum Gasteiger partial charge on any atom is 0.151 e. The largest absolute Gasteiger partial charge is 0.496 e. The fourth-order valence-electron chi connectivity index (χ4n) is 2.74. The van der Waals surface area contributed by atoms with E-state index in [0.29, 0.717) is 0 Å². The second kappa shape index (κ2) is 6.01. The van der Waals surface area contributed by atoms with E-state index in [-0.39, 0.29) is 11.8 Å². The number of likely N-dealkylation sites (tertiary alicyclic amines) is 1. The molecular weight excluding hydrogens is 226 g/mol. The van der Waals surface area contributed by atoms with Crippen molar-refractivity contribution in [3.8, 4) is 5.75 Å².